The van der Waals surface area contributed by atoms with Gasteiger partial charge in [-0.05, 0) is 73.2 Å². The van der Waals surface area contributed by atoms with Crippen LogP contribution in [0.5, 0.6) is 0 Å². The Balaban J connectivity index is 1.15. The molecule has 2 N–H and O–H groups in total. The maximum absolute atomic E-state index is 13.2. The molecular formula is C38H34N4O2S2. The van der Waals surface area contributed by atoms with Crippen molar-refractivity contribution in [3.05, 3.63) is 144 Å². The normalized spacial score (nSPS) is 11.0. The van der Waals surface area contributed by atoms with Crippen LogP contribution >= 0.6 is 21.6 Å². The van der Waals surface area contributed by atoms with Crippen LogP contribution in [0.15, 0.2) is 131 Å². The van der Waals surface area contributed by atoms with E-state index in [4.69, 9.17) is 0 Å². The predicted octanol–water partition coefficient (Wildman–Crippen LogP) is 8.31. The topological polar surface area (TPSA) is 84.0 Å². The number of carbonyl (C=O) groups excluding carboxylic acids is 2. The third kappa shape index (κ3) is 8.13. The predicted molar refractivity (Wildman–Crippen MR) is 189 cm³/mol. The molecule has 6 rings (SSSR count). The lowest BCUT2D eigenvalue weighted by Crippen LogP contribution is -2.24. The third-order valence-electron chi connectivity index (χ3n) is 7.63. The molecule has 6 nitrogen and oxygen atoms in total. The fraction of sp³-hybridized carbons (Fsp3) is 0.158. The highest BCUT2D eigenvalue weighted by Gasteiger charge is 2.15. The zero-order valence-corrected chi connectivity index (χ0v) is 27.0. The van der Waals surface area contributed by atoms with E-state index in [1.165, 1.54) is 32.7 Å². The molecular weight excluding hydrogens is 609 g/mol. The van der Waals surface area contributed by atoms with Gasteiger partial charge in [0.15, 0.2) is 0 Å². The van der Waals surface area contributed by atoms with Crippen molar-refractivity contribution in [2.24, 2.45) is 0 Å². The molecule has 2 aromatic heterocycles. The summed E-state index contributed by atoms with van der Waals surface area (Å²) in [4.78, 5) is 37.4. The number of rotatable bonds is 13. The largest absolute Gasteiger partial charge is 0.352 e. The first-order chi connectivity index (χ1) is 22.6. The number of nitrogens with one attached hydrogen (secondary N) is 2. The van der Waals surface area contributed by atoms with Crippen LogP contribution in [0.2, 0.25) is 0 Å². The van der Waals surface area contributed by atoms with Crippen LogP contribution in [-0.4, -0.2) is 34.9 Å². The molecule has 0 aliphatic heterocycles. The van der Waals surface area contributed by atoms with Gasteiger partial charge >= 0.3 is 0 Å². The van der Waals surface area contributed by atoms with Crippen molar-refractivity contribution in [3.63, 3.8) is 0 Å². The summed E-state index contributed by atoms with van der Waals surface area (Å²) < 4.78 is 0. The highest BCUT2D eigenvalue weighted by molar-refractivity contribution is 8.76. The van der Waals surface area contributed by atoms with Gasteiger partial charge in [0.25, 0.3) is 11.8 Å². The summed E-state index contributed by atoms with van der Waals surface area (Å²) in [6.07, 6.45) is 7.07. The first-order valence-corrected chi connectivity index (χ1v) is 17.6. The average Bonchev–Trinajstić information content (AvgIpc) is 3.11. The van der Waals surface area contributed by atoms with Gasteiger partial charge in [-0.3, -0.25) is 19.6 Å². The molecule has 0 unspecified atom stereocenters. The second kappa shape index (κ2) is 15.6. The van der Waals surface area contributed by atoms with Crippen molar-refractivity contribution in [1.82, 2.24) is 20.6 Å². The molecule has 6 aromatic rings. The summed E-state index contributed by atoms with van der Waals surface area (Å²) in [5.74, 6) is -0.215. The van der Waals surface area contributed by atoms with Crippen LogP contribution in [-0.2, 0) is 12.8 Å². The fourth-order valence-electron chi connectivity index (χ4n) is 5.28. The maximum atomic E-state index is 13.2. The number of carbonyl (C=O) groups is 2. The standard InChI is InChI=1S/C38H34N4O2S2/c43-37(41-21-7-15-27-11-3-1-4-12-27)31-23-29-17-9-19-39-35(29)33(25-31)45-46-34-26-32(24-30-18-10-20-40-36(30)34)38(44)42-22-8-16-28-13-5-2-6-14-28/h1-6,9-14,17-20,23-26H,7-8,15-16,21-22H2,(H,41,43)(H,42,44). The minimum atomic E-state index is -0.108. The summed E-state index contributed by atoms with van der Waals surface area (Å²) in [5, 5.41) is 7.95. The summed E-state index contributed by atoms with van der Waals surface area (Å²) in [7, 11) is 3.03. The number of amides is 2. The van der Waals surface area contributed by atoms with Gasteiger partial charge in [0.05, 0.1) is 11.0 Å². The van der Waals surface area contributed by atoms with E-state index in [1.54, 1.807) is 12.4 Å². The number of hydrogen-bond donors (Lipinski definition) is 2. The van der Waals surface area contributed by atoms with E-state index < -0.39 is 0 Å². The molecule has 0 aliphatic rings. The van der Waals surface area contributed by atoms with E-state index in [9.17, 15) is 9.59 Å². The Morgan fingerprint density at radius 3 is 1.41 bits per heavy atom. The molecule has 4 aromatic carbocycles. The van der Waals surface area contributed by atoms with Crippen LogP contribution in [0.25, 0.3) is 21.8 Å². The lowest BCUT2D eigenvalue weighted by atomic mass is 10.1. The van der Waals surface area contributed by atoms with Crippen molar-refractivity contribution >= 4 is 55.2 Å². The molecule has 2 heterocycles. The van der Waals surface area contributed by atoms with E-state index in [0.29, 0.717) is 24.2 Å². The Hall–Kier alpha value is -4.66. The second-order valence-corrected chi connectivity index (χ2v) is 13.2. The number of pyridine rings is 2. The molecule has 0 saturated carbocycles. The molecule has 0 spiro atoms. The molecule has 2 amide bonds. The molecule has 0 radical (unpaired) electrons. The van der Waals surface area contributed by atoms with Crippen LogP contribution in [0, 0.1) is 0 Å². The van der Waals surface area contributed by atoms with Crippen LogP contribution in [0.4, 0.5) is 0 Å². The number of aryl methyl sites for hydroxylation is 2. The van der Waals surface area contributed by atoms with Crippen molar-refractivity contribution in [2.75, 3.05) is 13.1 Å². The molecule has 46 heavy (non-hydrogen) atoms. The van der Waals surface area contributed by atoms with Crippen molar-refractivity contribution in [2.45, 2.75) is 35.5 Å². The van der Waals surface area contributed by atoms with Crippen molar-refractivity contribution in [3.8, 4) is 0 Å². The molecule has 0 bridgehead atoms. The number of nitrogens with zero attached hydrogens (tertiary/aromatic N) is 2. The summed E-state index contributed by atoms with van der Waals surface area (Å²) in [5.41, 5.74) is 5.35. The van der Waals surface area contributed by atoms with Crippen molar-refractivity contribution < 1.29 is 9.59 Å². The Bertz CT molecular complexity index is 1810. The highest BCUT2D eigenvalue weighted by atomic mass is 33.1. The van der Waals surface area contributed by atoms with Crippen LogP contribution in [0.3, 0.4) is 0 Å². The van der Waals surface area contributed by atoms with Gasteiger partial charge in [-0.1, -0.05) is 94.4 Å². The first-order valence-electron chi connectivity index (χ1n) is 15.4. The summed E-state index contributed by atoms with van der Waals surface area (Å²) in [6, 6.07) is 35.9. The Morgan fingerprint density at radius 2 is 0.978 bits per heavy atom. The summed E-state index contributed by atoms with van der Waals surface area (Å²) in [6.45, 7) is 1.18. The molecule has 0 aliphatic carbocycles. The average molecular weight is 643 g/mol. The number of benzene rings is 4. The van der Waals surface area contributed by atoms with Crippen molar-refractivity contribution in [1.29, 1.82) is 0 Å². The van der Waals surface area contributed by atoms with Gasteiger partial charge in [0.2, 0.25) is 0 Å². The van der Waals surface area contributed by atoms with Gasteiger partial charge < -0.3 is 10.6 Å². The van der Waals surface area contributed by atoms with Gasteiger partial charge in [-0.25, -0.2) is 0 Å². The third-order valence-corrected chi connectivity index (χ3v) is 10.0. The minimum Gasteiger partial charge on any atom is -0.352 e. The van der Waals surface area contributed by atoms with E-state index >= 15 is 0 Å². The Kier molecular flexibility index (Phi) is 10.6. The summed E-state index contributed by atoms with van der Waals surface area (Å²) >= 11 is 0. The number of aromatic nitrogens is 2. The molecule has 0 atom stereocenters. The van der Waals surface area contributed by atoms with Crippen LogP contribution in [0.1, 0.15) is 44.7 Å². The van der Waals surface area contributed by atoms with E-state index in [1.807, 2.05) is 84.9 Å². The van der Waals surface area contributed by atoms with Gasteiger partial charge in [0.1, 0.15) is 0 Å². The smallest absolute Gasteiger partial charge is 0.251 e. The van der Waals surface area contributed by atoms with Gasteiger partial charge in [-0.15, -0.1) is 0 Å². The van der Waals surface area contributed by atoms with Gasteiger partial charge in [-0.2, -0.15) is 0 Å². The van der Waals surface area contributed by atoms with Crippen LogP contribution < -0.4 is 10.6 Å². The zero-order valence-electron chi connectivity index (χ0n) is 25.3. The maximum Gasteiger partial charge on any atom is 0.251 e. The highest BCUT2D eigenvalue weighted by Crippen LogP contribution is 2.43. The second-order valence-electron chi connectivity index (χ2n) is 11.0. The molecule has 8 heteroatoms. The van der Waals surface area contributed by atoms with E-state index in [0.717, 1.165) is 57.3 Å². The Labute approximate surface area is 276 Å². The van der Waals surface area contributed by atoms with E-state index in [2.05, 4.69) is 44.9 Å². The zero-order chi connectivity index (χ0) is 31.6. The monoisotopic (exact) mass is 642 g/mol. The Morgan fingerprint density at radius 1 is 0.543 bits per heavy atom. The fourth-order valence-corrected chi connectivity index (χ4v) is 7.61. The SMILES string of the molecule is O=C(NCCCc1ccccc1)c1cc(SSc2cc(C(=O)NCCCc3ccccc3)cc3cccnc23)c2ncccc2c1. The molecule has 0 saturated heterocycles. The van der Waals surface area contributed by atoms with Gasteiger partial charge in [0, 0.05) is 57.2 Å². The quantitative estimate of drug-likeness (QED) is 0.0974. The first kappa shape index (κ1) is 31.3. The lowest BCUT2D eigenvalue weighted by Gasteiger charge is -2.12. The minimum absolute atomic E-state index is 0.108. The van der Waals surface area contributed by atoms with E-state index in [-0.39, 0.29) is 11.8 Å². The number of hydrogen-bond acceptors (Lipinski definition) is 6. The lowest BCUT2D eigenvalue weighted by molar-refractivity contribution is 0.0945. The number of fused-ring (bicyclic) bond motifs is 2. The molecule has 230 valence electrons. The molecule has 0 fully saturated rings.